The second-order valence-electron chi connectivity index (χ2n) is 6.78. The molecule has 1 fully saturated rings. The van der Waals surface area contributed by atoms with Crippen LogP contribution in [0.2, 0.25) is 0 Å². The summed E-state index contributed by atoms with van der Waals surface area (Å²) in [6.07, 6.45) is 1.74. The number of aliphatic imine (C=N–C) groups is 1. The third kappa shape index (κ3) is 6.54. The van der Waals surface area contributed by atoms with E-state index >= 15 is 0 Å². The minimum absolute atomic E-state index is 0. The van der Waals surface area contributed by atoms with Gasteiger partial charge in [-0.2, -0.15) is 0 Å². The lowest BCUT2D eigenvalue weighted by atomic mass is 10.0. The molecule has 3 rings (SSSR count). The summed E-state index contributed by atoms with van der Waals surface area (Å²) in [7, 11) is 3.46. The molecule has 0 bridgehead atoms. The van der Waals surface area contributed by atoms with Crippen LogP contribution in [0.15, 0.2) is 35.6 Å². The zero-order valence-corrected chi connectivity index (χ0v) is 20.2. The first kappa shape index (κ1) is 24.4. The Morgan fingerprint density at radius 1 is 1.23 bits per heavy atom. The number of guanidine groups is 1. The van der Waals surface area contributed by atoms with Gasteiger partial charge < -0.3 is 24.7 Å². The number of aryl methyl sites for hydroxylation is 1. The van der Waals surface area contributed by atoms with Crippen molar-refractivity contribution in [2.75, 3.05) is 47.0 Å². The molecule has 30 heavy (non-hydrogen) atoms. The van der Waals surface area contributed by atoms with Crippen molar-refractivity contribution in [1.29, 1.82) is 0 Å². The Balaban J connectivity index is 0.00000320. The van der Waals surface area contributed by atoms with E-state index in [9.17, 15) is 0 Å². The molecule has 1 atom stereocenters. The van der Waals surface area contributed by atoms with Crippen molar-refractivity contribution in [3.63, 3.8) is 0 Å². The van der Waals surface area contributed by atoms with Gasteiger partial charge in [-0.15, -0.1) is 34.2 Å². The number of aromatic nitrogens is 3. The van der Waals surface area contributed by atoms with Crippen molar-refractivity contribution in [1.82, 2.24) is 30.3 Å². The topological polar surface area (TPSA) is 88.8 Å². The van der Waals surface area contributed by atoms with Crippen LogP contribution in [0.3, 0.4) is 0 Å². The summed E-state index contributed by atoms with van der Waals surface area (Å²) in [5.74, 6) is 2.48. The molecular formula is C20H32IN7O2. The lowest BCUT2D eigenvalue weighted by Gasteiger charge is -2.35. The Kier molecular flexibility index (Phi) is 10.3. The highest BCUT2D eigenvalue weighted by Crippen LogP contribution is 2.23. The van der Waals surface area contributed by atoms with Gasteiger partial charge in [-0.25, -0.2) is 0 Å². The normalized spacial score (nSPS) is 15.9. The van der Waals surface area contributed by atoms with Gasteiger partial charge in [0, 0.05) is 33.2 Å². The van der Waals surface area contributed by atoms with Crippen LogP contribution in [0.4, 0.5) is 0 Å². The smallest absolute Gasteiger partial charge is 0.191 e. The van der Waals surface area contributed by atoms with E-state index in [2.05, 4.69) is 49.8 Å². The summed E-state index contributed by atoms with van der Waals surface area (Å²) in [6, 6.07) is 8.48. The fourth-order valence-corrected chi connectivity index (χ4v) is 3.43. The van der Waals surface area contributed by atoms with Gasteiger partial charge in [0.15, 0.2) is 11.8 Å². The van der Waals surface area contributed by atoms with E-state index in [1.807, 2.05) is 16.7 Å². The third-order valence-corrected chi connectivity index (χ3v) is 5.12. The molecule has 166 valence electrons. The van der Waals surface area contributed by atoms with Crippen LogP contribution in [0.1, 0.15) is 24.4 Å². The number of benzene rings is 1. The van der Waals surface area contributed by atoms with Crippen molar-refractivity contribution in [3.8, 4) is 5.75 Å². The van der Waals surface area contributed by atoms with Crippen molar-refractivity contribution >= 4 is 29.9 Å². The summed E-state index contributed by atoms with van der Waals surface area (Å²) < 4.78 is 12.9. The van der Waals surface area contributed by atoms with Gasteiger partial charge in [0.2, 0.25) is 0 Å². The highest BCUT2D eigenvalue weighted by Gasteiger charge is 2.23. The molecule has 1 aliphatic heterocycles. The van der Waals surface area contributed by atoms with Crippen LogP contribution in [0.5, 0.6) is 5.75 Å². The molecule has 1 saturated heterocycles. The number of methoxy groups -OCH3 is 1. The van der Waals surface area contributed by atoms with Gasteiger partial charge in [-0.3, -0.25) is 9.89 Å². The van der Waals surface area contributed by atoms with Crippen LogP contribution in [-0.4, -0.2) is 72.6 Å². The molecule has 10 heteroatoms. The molecule has 0 saturated carbocycles. The molecule has 2 N–H and O–H groups in total. The van der Waals surface area contributed by atoms with Gasteiger partial charge in [-0.05, 0) is 24.6 Å². The number of ether oxygens (including phenoxy) is 2. The van der Waals surface area contributed by atoms with Crippen LogP contribution < -0.4 is 15.4 Å². The van der Waals surface area contributed by atoms with E-state index < -0.39 is 0 Å². The summed E-state index contributed by atoms with van der Waals surface area (Å²) in [6.45, 7) is 7.53. The van der Waals surface area contributed by atoms with Gasteiger partial charge in [-0.1, -0.05) is 12.1 Å². The van der Waals surface area contributed by atoms with Crippen LogP contribution >= 0.6 is 24.0 Å². The molecule has 2 aromatic rings. The van der Waals surface area contributed by atoms with Gasteiger partial charge >= 0.3 is 0 Å². The van der Waals surface area contributed by atoms with Crippen LogP contribution in [0.25, 0.3) is 0 Å². The lowest BCUT2D eigenvalue weighted by molar-refractivity contribution is 0.0170. The van der Waals surface area contributed by atoms with Crippen molar-refractivity contribution in [2.45, 2.75) is 26.1 Å². The van der Waals surface area contributed by atoms with Crippen molar-refractivity contribution < 1.29 is 9.47 Å². The first-order chi connectivity index (χ1) is 14.2. The molecule has 1 aromatic carbocycles. The van der Waals surface area contributed by atoms with Gasteiger partial charge in [0.1, 0.15) is 12.1 Å². The van der Waals surface area contributed by atoms with Crippen molar-refractivity contribution in [3.05, 3.63) is 42.0 Å². The standard InChI is InChI=1S/C20H31N7O2.HI/c1-4-26-15-24-25-19(26)14-23-20(21-2)22-13-18(27-9-11-29-12-10-27)16-5-7-17(28-3)8-6-16;/h5-8,15,18H,4,9-14H2,1-3H3,(H2,21,22,23);1H. The average Bonchev–Trinajstić information content (AvgIpc) is 3.24. The molecule has 0 spiro atoms. The SMILES string of the molecule is CCn1cnnc1CNC(=NC)NCC(c1ccc(OC)cc1)N1CCOCC1.I. The highest BCUT2D eigenvalue weighted by molar-refractivity contribution is 14.0. The van der Waals surface area contributed by atoms with Gasteiger partial charge in [0.25, 0.3) is 0 Å². The van der Waals surface area contributed by atoms with E-state index in [0.717, 1.165) is 56.9 Å². The maximum Gasteiger partial charge on any atom is 0.191 e. The van der Waals surface area contributed by atoms with Crippen LogP contribution in [0, 0.1) is 0 Å². The Hall–Kier alpha value is -1.92. The Morgan fingerprint density at radius 2 is 1.97 bits per heavy atom. The van der Waals surface area contributed by atoms with E-state index in [0.29, 0.717) is 6.54 Å². The lowest BCUT2D eigenvalue weighted by Crippen LogP contribution is -2.46. The van der Waals surface area contributed by atoms with E-state index in [1.54, 1.807) is 20.5 Å². The fourth-order valence-electron chi connectivity index (χ4n) is 3.43. The second-order valence-corrected chi connectivity index (χ2v) is 6.78. The first-order valence-electron chi connectivity index (χ1n) is 10.0. The Morgan fingerprint density at radius 3 is 2.60 bits per heavy atom. The maximum atomic E-state index is 5.54. The first-order valence-corrected chi connectivity index (χ1v) is 10.0. The predicted octanol–water partition coefficient (Wildman–Crippen LogP) is 1.66. The number of nitrogens with one attached hydrogen (secondary N) is 2. The Bertz CT molecular complexity index is 776. The third-order valence-electron chi connectivity index (χ3n) is 5.12. The van der Waals surface area contributed by atoms with E-state index in [-0.39, 0.29) is 30.0 Å². The number of hydrogen-bond donors (Lipinski definition) is 2. The van der Waals surface area contributed by atoms with E-state index in [1.165, 1.54) is 5.56 Å². The fraction of sp³-hybridized carbons (Fsp3) is 0.550. The highest BCUT2D eigenvalue weighted by atomic mass is 127. The monoisotopic (exact) mass is 529 g/mol. The number of morpholine rings is 1. The van der Waals surface area contributed by atoms with Crippen LogP contribution in [-0.2, 0) is 17.8 Å². The molecule has 0 amide bonds. The minimum Gasteiger partial charge on any atom is -0.497 e. The maximum absolute atomic E-state index is 5.54. The molecular weight excluding hydrogens is 497 g/mol. The summed E-state index contributed by atoms with van der Waals surface area (Å²) in [5.41, 5.74) is 1.24. The number of hydrogen-bond acceptors (Lipinski definition) is 6. The largest absolute Gasteiger partial charge is 0.497 e. The predicted molar refractivity (Wildman–Crippen MR) is 127 cm³/mol. The van der Waals surface area contributed by atoms with E-state index in [4.69, 9.17) is 9.47 Å². The zero-order valence-electron chi connectivity index (χ0n) is 17.9. The quantitative estimate of drug-likeness (QED) is 0.306. The minimum atomic E-state index is 0. The molecule has 9 nitrogen and oxygen atoms in total. The number of rotatable bonds is 8. The summed E-state index contributed by atoms with van der Waals surface area (Å²) in [4.78, 5) is 6.80. The Labute approximate surface area is 195 Å². The summed E-state index contributed by atoms with van der Waals surface area (Å²) >= 11 is 0. The molecule has 2 heterocycles. The van der Waals surface area contributed by atoms with Gasteiger partial charge in [0.05, 0.1) is 32.9 Å². The number of halogens is 1. The average molecular weight is 529 g/mol. The molecule has 0 aliphatic carbocycles. The molecule has 1 aromatic heterocycles. The molecule has 1 aliphatic rings. The molecule has 0 radical (unpaired) electrons. The number of nitrogens with zero attached hydrogens (tertiary/aromatic N) is 5. The summed E-state index contributed by atoms with van der Waals surface area (Å²) in [5, 5.41) is 14.9. The molecule has 1 unspecified atom stereocenters. The van der Waals surface area contributed by atoms with Crippen molar-refractivity contribution in [2.24, 2.45) is 4.99 Å². The zero-order chi connectivity index (χ0) is 20.5. The second kappa shape index (κ2) is 12.7.